The van der Waals surface area contributed by atoms with Gasteiger partial charge < -0.3 is 10.2 Å². The average molecular weight is 410 g/mol. The van der Waals surface area contributed by atoms with Gasteiger partial charge in [0.25, 0.3) is 11.7 Å². The summed E-state index contributed by atoms with van der Waals surface area (Å²) in [5.41, 5.74) is 1.16. The number of hydrogen-bond donors (Lipinski definition) is 1. The zero-order valence-electron chi connectivity index (χ0n) is 15.2. The zero-order chi connectivity index (χ0) is 19.9. The Bertz CT molecular complexity index is 783. The molecule has 0 spiro atoms. The molecule has 1 saturated heterocycles. The highest BCUT2D eigenvalue weighted by Gasteiger charge is 2.19. The Kier molecular flexibility index (Phi) is 7.16. The Hall–Kier alpha value is -2.26. The molecule has 1 aliphatic rings. The first kappa shape index (κ1) is 20.5. The van der Waals surface area contributed by atoms with E-state index in [9.17, 15) is 18.0 Å². The van der Waals surface area contributed by atoms with E-state index in [0.717, 1.165) is 31.9 Å². The van der Waals surface area contributed by atoms with Crippen LogP contribution in [0, 0.1) is 5.82 Å². The van der Waals surface area contributed by atoms with Crippen LogP contribution in [-0.4, -0.2) is 60.8 Å². The highest BCUT2D eigenvalue weighted by molar-refractivity contribution is 7.99. The number of carbonyl (C=O) groups is 1. The summed E-state index contributed by atoms with van der Waals surface area (Å²) in [6.45, 7) is 4.37. The SMILES string of the molecule is O=C(NCCN1CCN(c2ccc(F)cc2)CC1)c1cccnc1SC(F)F. The van der Waals surface area contributed by atoms with Crippen molar-refractivity contribution in [2.24, 2.45) is 0 Å². The predicted molar refractivity (Wildman–Crippen MR) is 103 cm³/mol. The summed E-state index contributed by atoms with van der Waals surface area (Å²) in [5.74, 6) is -3.28. The molecule has 1 amide bonds. The largest absolute Gasteiger partial charge is 0.369 e. The monoisotopic (exact) mass is 410 g/mol. The van der Waals surface area contributed by atoms with Gasteiger partial charge in [-0.05, 0) is 48.2 Å². The molecule has 9 heteroatoms. The van der Waals surface area contributed by atoms with Crippen LogP contribution >= 0.6 is 11.8 Å². The number of hydrogen-bond acceptors (Lipinski definition) is 5. The number of alkyl halides is 2. The molecule has 0 radical (unpaired) electrons. The van der Waals surface area contributed by atoms with E-state index in [1.807, 2.05) is 0 Å². The number of anilines is 1. The first-order valence-electron chi connectivity index (χ1n) is 8.94. The van der Waals surface area contributed by atoms with Crippen molar-refractivity contribution in [2.45, 2.75) is 10.8 Å². The van der Waals surface area contributed by atoms with E-state index < -0.39 is 11.7 Å². The highest BCUT2D eigenvalue weighted by Crippen LogP contribution is 2.26. The smallest absolute Gasteiger partial charge is 0.290 e. The van der Waals surface area contributed by atoms with Crippen molar-refractivity contribution in [2.75, 3.05) is 44.2 Å². The van der Waals surface area contributed by atoms with Gasteiger partial charge in [0.15, 0.2) is 0 Å². The Balaban J connectivity index is 1.44. The van der Waals surface area contributed by atoms with Crippen molar-refractivity contribution in [1.82, 2.24) is 15.2 Å². The topological polar surface area (TPSA) is 48.5 Å². The van der Waals surface area contributed by atoms with Crippen LogP contribution in [0.2, 0.25) is 0 Å². The van der Waals surface area contributed by atoms with Crippen LogP contribution in [-0.2, 0) is 0 Å². The van der Waals surface area contributed by atoms with Gasteiger partial charge in [0.2, 0.25) is 0 Å². The number of carbonyl (C=O) groups excluding carboxylic acids is 1. The lowest BCUT2D eigenvalue weighted by molar-refractivity contribution is 0.0944. The molecule has 1 aromatic heterocycles. The summed E-state index contributed by atoms with van der Waals surface area (Å²) >= 11 is 0.269. The molecule has 0 bridgehead atoms. The molecule has 0 saturated carbocycles. The number of halogens is 3. The van der Waals surface area contributed by atoms with Crippen LogP contribution in [0.5, 0.6) is 0 Å². The van der Waals surface area contributed by atoms with Gasteiger partial charge in [-0.2, -0.15) is 8.78 Å². The second-order valence-corrected chi connectivity index (χ2v) is 7.27. The second-order valence-electron chi connectivity index (χ2n) is 6.30. The van der Waals surface area contributed by atoms with Crippen LogP contribution in [0.15, 0.2) is 47.6 Å². The molecule has 0 aliphatic carbocycles. The van der Waals surface area contributed by atoms with E-state index in [1.165, 1.54) is 24.4 Å². The van der Waals surface area contributed by atoms with Crippen molar-refractivity contribution in [1.29, 1.82) is 0 Å². The lowest BCUT2D eigenvalue weighted by Crippen LogP contribution is -2.48. The fourth-order valence-electron chi connectivity index (χ4n) is 3.05. The number of pyridine rings is 1. The summed E-state index contributed by atoms with van der Waals surface area (Å²) in [5, 5.41) is 2.81. The van der Waals surface area contributed by atoms with E-state index in [0.29, 0.717) is 13.1 Å². The van der Waals surface area contributed by atoms with Crippen LogP contribution in [0.25, 0.3) is 0 Å². The van der Waals surface area contributed by atoms with Crippen LogP contribution in [0.1, 0.15) is 10.4 Å². The number of rotatable bonds is 7. The molecule has 1 N–H and O–H groups in total. The summed E-state index contributed by atoms with van der Waals surface area (Å²) < 4.78 is 38.2. The number of benzene rings is 1. The van der Waals surface area contributed by atoms with Gasteiger partial charge in [-0.3, -0.25) is 9.69 Å². The normalized spacial score (nSPS) is 15.1. The molecule has 150 valence electrons. The molecular weight excluding hydrogens is 389 g/mol. The lowest BCUT2D eigenvalue weighted by atomic mass is 10.2. The van der Waals surface area contributed by atoms with Gasteiger partial charge in [-0.1, -0.05) is 0 Å². The minimum atomic E-state index is -2.63. The standard InChI is InChI=1S/C19H21F3N4OS/c20-14-3-5-15(6-4-14)26-12-10-25(11-13-26)9-8-23-17(27)16-2-1-7-24-18(16)28-19(21)22/h1-7,19H,8-13H2,(H,23,27). The number of thioether (sulfide) groups is 1. The summed E-state index contributed by atoms with van der Waals surface area (Å²) in [4.78, 5) is 20.6. The lowest BCUT2D eigenvalue weighted by Gasteiger charge is -2.36. The van der Waals surface area contributed by atoms with E-state index in [1.54, 1.807) is 18.2 Å². The Morgan fingerprint density at radius 1 is 1.14 bits per heavy atom. The maximum absolute atomic E-state index is 13.0. The fourth-order valence-corrected chi connectivity index (χ4v) is 3.62. The van der Waals surface area contributed by atoms with Crippen molar-refractivity contribution >= 4 is 23.4 Å². The molecule has 1 fully saturated rings. The molecule has 0 atom stereocenters. The third-order valence-electron chi connectivity index (χ3n) is 4.49. The number of piperazine rings is 1. The highest BCUT2D eigenvalue weighted by atomic mass is 32.2. The van der Waals surface area contributed by atoms with Crippen LogP contribution in [0.4, 0.5) is 18.9 Å². The molecule has 1 aromatic carbocycles. The zero-order valence-corrected chi connectivity index (χ0v) is 16.0. The Morgan fingerprint density at radius 2 is 1.86 bits per heavy atom. The van der Waals surface area contributed by atoms with E-state index >= 15 is 0 Å². The van der Waals surface area contributed by atoms with Gasteiger partial charge in [0.05, 0.1) is 5.56 Å². The number of amides is 1. The molecule has 1 aliphatic heterocycles. The van der Waals surface area contributed by atoms with Gasteiger partial charge in [-0.25, -0.2) is 9.37 Å². The molecule has 28 heavy (non-hydrogen) atoms. The maximum atomic E-state index is 13.0. The summed E-state index contributed by atoms with van der Waals surface area (Å²) in [7, 11) is 0. The molecular formula is C19H21F3N4OS. The fraction of sp³-hybridized carbons (Fsp3) is 0.368. The molecule has 2 aromatic rings. The first-order valence-corrected chi connectivity index (χ1v) is 9.82. The number of aromatic nitrogens is 1. The van der Waals surface area contributed by atoms with Crippen molar-refractivity contribution in [3.05, 3.63) is 54.0 Å². The minimum absolute atomic E-state index is 0.0305. The third-order valence-corrected chi connectivity index (χ3v) is 5.22. The predicted octanol–water partition coefficient (Wildman–Crippen LogP) is 3.09. The number of nitrogens with zero attached hydrogens (tertiary/aromatic N) is 3. The van der Waals surface area contributed by atoms with Crippen molar-refractivity contribution in [3.8, 4) is 0 Å². The van der Waals surface area contributed by atoms with E-state index in [4.69, 9.17) is 0 Å². The third kappa shape index (κ3) is 5.62. The Morgan fingerprint density at radius 3 is 2.54 bits per heavy atom. The molecule has 2 heterocycles. The first-order chi connectivity index (χ1) is 13.5. The van der Waals surface area contributed by atoms with E-state index in [-0.39, 0.29) is 28.2 Å². The molecule has 5 nitrogen and oxygen atoms in total. The maximum Gasteiger partial charge on any atom is 0.290 e. The molecule has 0 unspecified atom stereocenters. The Labute approximate surface area is 165 Å². The molecule has 3 rings (SSSR count). The number of nitrogens with one attached hydrogen (secondary N) is 1. The van der Waals surface area contributed by atoms with Gasteiger partial charge in [0, 0.05) is 51.2 Å². The average Bonchev–Trinajstić information content (AvgIpc) is 2.69. The quantitative estimate of drug-likeness (QED) is 0.711. The van der Waals surface area contributed by atoms with Gasteiger partial charge >= 0.3 is 0 Å². The minimum Gasteiger partial charge on any atom is -0.369 e. The summed E-state index contributed by atoms with van der Waals surface area (Å²) in [6, 6.07) is 9.50. The van der Waals surface area contributed by atoms with Crippen molar-refractivity contribution < 1.29 is 18.0 Å². The second kappa shape index (κ2) is 9.79. The van der Waals surface area contributed by atoms with E-state index in [2.05, 4.69) is 20.1 Å². The van der Waals surface area contributed by atoms with Crippen LogP contribution < -0.4 is 10.2 Å². The van der Waals surface area contributed by atoms with Crippen LogP contribution in [0.3, 0.4) is 0 Å². The summed E-state index contributed by atoms with van der Waals surface area (Å²) in [6.07, 6.45) is 1.39. The van der Waals surface area contributed by atoms with Crippen molar-refractivity contribution in [3.63, 3.8) is 0 Å². The van der Waals surface area contributed by atoms with Gasteiger partial charge in [0.1, 0.15) is 10.8 Å². The van der Waals surface area contributed by atoms with Gasteiger partial charge in [-0.15, -0.1) is 0 Å².